The number of carbonyl (C=O) groups excluding carboxylic acids is 1. The predicted molar refractivity (Wildman–Crippen MR) is 111 cm³/mol. The van der Waals surface area contributed by atoms with Crippen LogP contribution < -0.4 is 5.32 Å². The van der Waals surface area contributed by atoms with Gasteiger partial charge in [-0.3, -0.25) is 9.79 Å². The molecule has 3 rings (SSSR count). The first-order valence-electron chi connectivity index (χ1n) is 8.43. The fourth-order valence-corrected chi connectivity index (χ4v) is 4.60. The van der Waals surface area contributed by atoms with Gasteiger partial charge in [-0.1, -0.05) is 67.7 Å². The van der Waals surface area contributed by atoms with Crippen molar-refractivity contribution in [3.8, 4) is 0 Å². The number of hydrogen-bond acceptors (Lipinski definition) is 4. The highest BCUT2D eigenvalue weighted by atomic mass is 32.2. The topological polar surface area (TPSA) is 41.5 Å². The van der Waals surface area contributed by atoms with Crippen LogP contribution in [0.4, 0.5) is 5.69 Å². The lowest BCUT2D eigenvalue weighted by Crippen LogP contribution is -2.14. The van der Waals surface area contributed by atoms with E-state index in [4.69, 9.17) is 0 Å². The maximum atomic E-state index is 12.8. The SMILES string of the molecule is CC(C)c1cccc(NC(=O)c2ccccc2CSC2=NCCS2)c1. The van der Waals surface area contributed by atoms with Crippen LogP contribution >= 0.6 is 23.5 Å². The van der Waals surface area contributed by atoms with E-state index in [0.29, 0.717) is 5.92 Å². The van der Waals surface area contributed by atoms with Crippen molar-refractivity contribution in [1.82, 2.24) is 0 Å². The molecule has 0 aromatic heterocycles. The Morgan fingerprint density at radius 3 is 2.84 bits per heavy atom. The first kappa shape index (κ1) is 18.1. The van der Waals surface area contributed by atoms with Gasteiger partial charge in [-0.2, -0.15) is 0 Å². The lowest BCUT2D eigenvalue weighted by atomic mass is 10.0. The number of benzene rings is 2. The second kappa shape index (κ2) is 8.59. The molecule has 0 bridgehead atoms. The van der Waals surface area contributed by atoms with Crippen molar-refractivity contribution in [2.75, 3.05) is 17.6 Å². The maximum Gasteiger partial charge on any atom is 0.255 e. The molecule has 1 heterocycles. The van der Waals surface area contributed by atoms with Gasteiger partial charge in [0.1, 0.15) is 4.38 Å². The molecule has 0 unspecified atom stereocenters. The summed E-state index contributed by atoms with van der Waals surface area (Å²) in [5.74, 6) is 2.21. The van der Waals surface area contributed by atoms with Crippen LogP contribution in [0, 0.1) is 0 Å². The van der Waals surface area contributed by atoms with E-state index in [-0.39, 0.29) is 5.91 Å². The van der Waals surface area contributed by atoms with Crippen LogP contribution in [-0.4, -0.2) is 22.6 Å². The Morgan fingerprint density at radius 2 is 2.08 bits per heavy atom. The van der Waals surface area contributed by atoms with Crippen LogP contribution in [-0.2, 0) is 5.75 Å². The van der Waals surface area contributed by atoms with E-state index in [1.807, 2.05) is 42.5 Å². The van der Waals surface area contributed by atoms with E-state index < -0.39 is 0 Å². The summed E-state index contributed by atoms with van der Waals surface area (Å²) >= 11 is 3.51. The number of nitrogens with zero attached hydrogens (tertiary/aromatic N) is 1. The summed E-state index contributed by atoms with van der Waals surface area (Å²) in [7, 11) is 0. The van der Waals surface area contributed by atoms with Gasteiger partial charge in [0.2, 0.25) is 0 Å². The van der Waals surface area contributed by atoms with Gasteiger partial charge < -0.3 is 5.32 Å². The Bertz CT molecular complexity index is 787. The highest BCUT2D eigenvalue weighted by Crippen LogP contribution is 2.27. The molecule has 0 fully saturated rings. The molecule has 1 amide bonds. The zero-order valence-corrected chi connectivity index (χ0v) is 16.1. The summed E-state index contributed by atoms with van der Waals surface area (Å²) in [6.45, 7) is 5.20. The number of thioether (sulfide) groups is 2. The number of hydrogen-bond donors (Lipinski definition) is 1. The molecule has 1 aliphatic rings. The minimum absolute atomic E-state index is 0.0573. The van der Waals surface area contributed by atoms with Crippen LogP contribution in [0.3, 0.4) is 0 Å². The van der Waals surface area contributed by atoms with Crippen molar-refractivity contribution >= 4 is 39.5 Å². The Hall–Kier alpha value is -1.72. The second-order valence-corrected chi connectivity index (χ2v) is 8.48. The number of anilines is 1. The van der Waals surface area contributed by atoms with Gasteiger partial charge in [0.25, 0.3) is 5.91 Å². The molecule has 130 valence electrons. The van der Waals surface area contributed by atoms with Gasteiger partial charge >= 0.3 is 0 Å². The van der Waals surface area contributed by atoms with Crippen molar-refractivity contribution in [2.45, 2.75) is 25.5 Å². The van der Waals surface area contributed by atoms with Crippen molar-refractivity contribution in [3.63, 3.8) is 0 Å². The fraction of sp³-hybridized carbons (Fsp3) is 0.300. The van der Waals surface area contributed by atoms with E-state index in [2.05, 4.69) is 30.2 Å². The summed E-state index contributed by atoms with van der Waals surface area (Å²) in [4.78, 5) is 17.2. The third kappa shape index (κ3) is 4.89. The molecule has 5 heteroatoms. The van der Waals surface area contributed by atoms with Gasteiger partial charge in [0, 0.05) is 22.8 Å². The van der Waals surface area contributed by atoms with E-state index in [0.717, 1.165) is 39.2 Å². The summed E-state index contributed by atoms with van der Waals surface area (Å²) in [6.07, 6.45) is 0. The third-order valence-electron chi connectivity index (χ3n) is 3.98. The first-order chi connectivity index (χ1) is 12.1. The van der Waals surface area contributed by atoms with Gasteiger partial charge in [0.05, 0.1) is 6.54 Å². The maximum absolute atomic E-state index is 12.8. The lowest BCUT2D eigenvalue weighted by molar-refractivity contribution is 0.102. The standard InChI is InChI=1S/C20H22N2OS2/c1-14(2)15-7-5-8-17(12-15)22-19(23)18-9-4-3-6-16(18)13-25-20-21-10-11-24-20/h3-9,12,14H,10-11,13H2,1-2H3,(H,22,23). The first-order valence-corrected chi connectivity index (χ1v) is 10.4. The summed E-state index contributed by atoms with van der Waals surface area (Å²) in [6, 6.07) is 15.9. The molecule has 1 aliphatic heterocycles. The molecular formula is C20H22N2OS2. The van der Waals surface area contributed by atoms with Gasteiger partial charge in [-0.15, -0.1) is 0 Å². The monoisotopic (exact) mass is 370 g/mol. The highest BCUT2D eigenvalue weighted by molar-refractivity contribution is 8.38. The van der Waals surface area contributed by atoms with Crippen molar-refractivity contribution in [2.24, 2.45) is 4.99 Å². The molecule has 1 N–H and O–H groups in total. The molecule has 3 nitrogen and oxygen atoms in total. The zero-order valence-electron chi connectivity index (χ0n) is 14.5. The highest BCUT2D eigenvalue weighted by Gasteiger charge is 2.14. The number of nitrogens with one attached hydrogen (secondary N) is 1. The minimum Gasteiger partial charge on any atom is -0.322 e. The number of carbonyl (C=O) groups is 1. The molecular weight excluding hydrogens is 348 g/mol. The Labute approximate surface area is 157 Å². The minimum atomic E-state index is -0.0573. The molecule has 25 heavy (non-hydrogen) atoms. The van der Waals surface area contributed by atoms with Gasteiger partial charge in [-0.05, 0) is 35.2 Å². The molecule has 0 aliphatic carbocycles. The van der Waals surface area contributed by atoms with Crippen molar-refractivity contribution in [1.29, 1.82) is 0 Å². The largest absolute Gasteiger partial charge is 0.322 e. The van der Waals surface area contributed by atoms with Crippen LogP contribution in [0.25, 0.3) is 0 Å². The molecule has 0 radical (unpaired) electrons. The van der Waals surface area contributed by atoms with Crippen LogP contribution in [0.15, 0.2) is 53.5 Å². The van der Waals surface area contributed by atoms with Crippen LogP contribution in [0.5, 0.6) is 0 Å². The zero-order chi connectivity index (χ0) is 17.6. The quantitative estimate of drug-likeness (QED) is 0.766. The average Bonchev–Trinajstić information content (AvgIpc) is 3.14. The molecule has 2 aromatic rings. The van der Waals surface area contributed by atoms with E-state index in [1.165, 1.54) is 5.56 Å². The normalized spacial score (nSPS) is 13.8. The number of rotatable bonds is 5. The predicted octanol–water partition coefficient (Wildman–Crippen LogP) is 5.40. The summed E-state index contributed by atoms with van der Waals surface area (Å²) < 4.78 is 1.12. The van der Waals surface area contributed by atoms with Crippen LogP contribution in [0.2, 0.25) is 0 Å². The Morgan fingerprint density at radius 1 is 1.24 bits per heavy atom. The molecule has 0 saturated heterocycles. The fourth-order valence-electron chi connectivity index (χ4n) is 2.58. The smallest absolute Gasteiger partial charge is 0.255 e. The summed E-state index contributed by atoms with van der Waals surface area (Å²) in [5.41, 5.74) is 3.83. The molecule has 0 spiro atoms. The summed E-state index contributed by atoms with van der Waals surface area (Å²) in [5, 5.41) is 3.04. The Kier molecular flexibility index (Phi) is 6.21. The third-order valence-corrected chi connectivity index (χ3v) is 6.28. The van der Waals surface area contributed by atoms with Gasteiger partial charge in [-0.25, -0.2) is 0 Å². The van der Waals surface area contributed by atoms with Crippen LogP contribution in [0.1, 0.15) is 41.3 Å². The van der Waals surface area contributed by atoms with E-state index in [1.54, 1.807) is 23.5 Å². The second-order valence-electron chi connectivity index (χ2n) is 6.18. The van der Waals surface area contributed by atoms with Crippen molar-refractivity contribution in [3.05, 3.63) is 65.2 Å². The number of amides is 1. The van der Waals surface area contributed by atoms with Gasteiger partial charge in [0.15, 0.2) is 0 Å². The molecule has 0 atom stereocenters. The lowest BCUT2D eigenvalue weighted by Gasteiger charge is -2.12. The number of aliphatic imine (C=N–C) groups is 1. The van der Waals surface area contributed by atoms with E-state index >= 15 is 0 Å². The van der Waals surface area contributed by atoms with Crippen molar-refractivity contribution < 1.29 is 4.79 Å². The molecule has 0 saturated carbocycles. The average molecular weight is 371 g/mol. The van der Waals surface area contributed by atoms with E-state index in [9.17, 15) is 4.79 Å². The Balaban J connectivity index is 1.72. The molecule has 2 aromatic carbocycles.